The van der Waals surface area contributed by atoms with E-state index in [9.17, 15) is 13.2 Å². The van der Waals surface area contributed by atoms with Gasteiger partial charge in [0.15, 0.2) is 0 Å². The number of carbonyl (C=O) groups excluding carboxylic acids is 1. The molecule has 8 heteroatoms. The Kier molecular flexibility index (Phi) is 5.64. The van der Waals surface area contributed by atoms with E-state index in [2.05, 4.69) is 15.9 Å². The predicted molar refractivity (Wildman–Crippen MR) is 101 cm³/mol. The van der Waals surface area contributed by atoms with Crippen LogP contribution in [0.4, 0.5) is 0 Å². The van der Waals surface area contributed by atoms with Crippen LogP contribution in [0.5, 0.6) is 5.75 Å². The van der Waals surface area contributed by atoms with Crippen LogP contribution in [-0.2, 0) is 16.6 Å². The highest BCUT2D eigenvalue weighted by molar-refractivity contribution is 9.10. The van der Waals surface area contributed by atoms with Gasteiger partial charge >= 0.3 is 0 Å². The van der Waals surface area contributed by atoms with E-state index < -0.39 is 15.9 Å². The van der Waals surface area contributed by atoms with E-state index in [1.807, 2.05) is 24.3 Å². The highest BCUT2D eigenvalue weighted by atomic mass is 79.9. The van der Waals surface area contributed by atoms with Crippen molar-refractivity contribution in [1.29, 1.82) is 0 Å². The smallest absolute Gasteiger partial charge is 0.252 e. The monoisotopic (exact) mass is 438 g/mol. The minimum Gasteiger partial charge on any atom is -0.488 e. The van der Waals surface area contributed by atoms with Crippen molar-refractivity contribution in [2.45, 2.75) is 24.3 Å². The van der Waals surface area contributed by atoms with Crippen LogP contribution in [-0.4, -0.2) is 31.7 Å². The van der Waals surface area contributed by atoms with Gasteiger partial charge in [-0.3, -0.25) is 4.79 Å². The maximum absolute atomic E-state index is 12.7. The first-order chi connectivity index (χ1) is 12.4. The molecule has 6 nitrogen and oxygen atoms in total. The van der Waals surface area contributed by atoms with Crippen LogP contribution >= 0.6 is 15.9 Å². The summed E-state index contributed by atoms with van der Waals surface area (Å²) in [6.45, 7) is 1.21. The van der Waals surface area contributed by atoms with Crippen molar-refractivity contribution in [2.75, 3.05) is 13.1 Å². The number of halogens is 1. The fourth-order valence-electron chi connectivity index (χ4n) is 2.84. The lowest BCUT2D eigenvalue weighted by molar-refractivity contribution is 0.0995. The van der Waals surface area contributed by atoms with Crippen LogP contribution in [0.15, 0.2) is 51.8 Å². The lowest BCUT2D eigenvalue weighted by atomic mass is 10.2. The van der Waals surface area contributed by atoms with Crippen molar-refractivity contribution < 1.29 is 17.9 Å². The van der Waals surface area contributed by atoms with Gasteiger partial charge in [-0.15, -0.1) is 0 Å². The van der Waals surface area contributed by atoms with Crippen molar-refractivity contribution in [1.82, 2.24) is 4.31 Å². The van der Waals surface area contributed by atoms with Gasteiger partial charge in [0, 0.05) is 23.1 Å². The van der Waals surface area contributed by atoms with Gasteiger partial charge < -0.3 is 10.5 Å². The molecule has 1 fully saturated rings. The van der Waals surface area contributed by atoms with Crippen LogP contribution in [0.1, 0.15) is 28.8 Å². The van der Waals surface area contributed by atoms with Gasteiger partial charge in [-0.05, 0) is 37.1 Å². The average Bonchev–Trinajstić information content (AvgIpc) is 3.16. The molecule has 0 atom stereocenters. The topological polar surface area (TPSA) is 89.7 Å². The molecule has 0 unspecified atom stereocenters. The molecule has 2 aromatic carbocycles. The third-order valence-electron chi connectivity index (χ3n) is 4.26. The van der Waals surface area contributed by atoms with Gasteiger partial charge in [0.25, 0.3) is 5.91 Å². The van der Waals surface area contributed by atoms with Gasteiger partial charge in [-0.25, -0.2) is 8.42 Å². The highest BCUT2D eigenvalue weighted by Crippen LogP contribution is 2.27. The van der Waals surface area contributed by atoms with E-state index in [4.69, 9.17) is 10.5 Å². The third-order valence-corrected chi connectivity index (χ3v) is 6.93. The largest absolute Gasteiger partial charge is 0.488 e. The van der Waals surface area contributed by atoms with Crippen molar-refractivity contribution in [2.24, 2.45) is 5.73 Å². The van der Waals surface area contributed by atoms with E-state index in [0.717, 1.165) is 22.9 Å². The molecule has 0 radical (unpaired) electrons. The van der Waals surface area contributed by atoms with Crippen molar-refractivity contribution >= 4 is 31.9 Å². The number of nitrogens with two attached hydrogens (primary N) is 1. The lowest BCUT2D eigenvalue weighted by Gasteiger charge is -2.17. The number of rotatable bonds is 6. The zero-order valence-corrected chi connectivity index (χ0v) is 16.4. The molecule has 1 amide bonds. The first-order valence-corrected chi connectivity index (χ1v) is 10.4. The zero-order chi connectivity index (χ0) is 18.7. The number of hydrogen-bond acceptors (Lipinski definition) is 4. The number of carbonyl (C=O) groups is 1. The number of primary amides is 1. The minimum atomic E-state index is -3.62. The minimum absolute atomic E-state index is 0.0531. The van der Waals surface area contributed by atoms with Crippen LogP contribution in [0.3, 0.4) is 0 Å². The fraction of sp³-hybridized carbons (Fsp3) is 0.278. The number of sulfonamides is 1. The summed E-state index contributed by atoms with van der Waals surface area (Å²) in [4.78, 5) is 11.9. The summed E-state index contributed by atoms with van der Waals surface area (Å²) in [6.07, 6.45) is 1.68. The second-order valence-electron chi connectivity index (χ2n) is 6.01. The molecule has 26 heavy (non-hydrogen) atoms. The number of hydrogen-bond donors (Lipinski definition) is 1. The first-order valence-electron chi connectivity index (χ1n) is 8.20. The molecule has 138 valence electrons. The Morgan fingerprint density at radius 2 is 1.85 bits per heavy atom. The Labute approximate surface area is 161 Å². The summed E-state index contributed by atoms with van der Waals surface area (Å²) in [5.74, 6) is -0.473. The van der Waals surface area contributed by atoms with Crippen LogP contribution in [0.25, 0.3) is 0 Å². The number of ether oxygens (including phenoxy) is 1. The maximum atomic E-state index is 12.7. The van der Waals surface area contributed by atoms with E-state index in [0.29, 0.717) is 13.1 Å². The van der Waals surface area contributed by atoms with Crippen LogP contribution < -0.4 is 10.5 Å². The molecule has 0 aliphatic carbocycles. The van der Waals surface area contributed by atoms with Crippen molar-refractivity contribution in [3.05, 3.63) is 58.1 Å². The van der Waals surface area contributed by atoms with Gasteiger partial charge in [0.05, 0.1) is 10.5 Å². The van der Waals surface area contributed by atoms with Gasteiger partial charge in [0.1, 0.15) is 12.4 Å². The summed E-state index contributed by atoms with van der Waals surface area (Å²) in [5, 5.41) is 0. The molecule has 2 N–H and O–H groups in total. The SMILES string of the molecule is NC(=O)c1cc(S(=O)(=O)N2CCCC2)ccc1OCc1ccccc1Br. The second kappa shape index (κ2) is 7.77. The van der Waals surface area contributed by atoms with Gasteiger partial charge in [-0.1, -0.05) is 34.1 Å². The maximum Gasteiger partial charge on any atom is 0.252 e. The molecule has 2 aromatic rings. The summed E-state index contributed by atoms with van der Waals surface area (Å²) < 4.78 is 33.4. The summed E-state index contributed by atoms with van der Waals surface area (Å²) in [7, 11) is -3.62. The fourth-order valence-corrected chi connectivity index (χ4v) is 4.78. The molecule has 1 saturated heterocycles. The molecule has 1 aliphatic rings. The van der Waals surface area contributed by atoms with Crippen molar-refractivity contribution in [3.8, 4) is 5.75 Å². The molecular weight excluding hydrogens is 420 g/mol. The van der Waals surface area contributed by atoms with Crippen LogP contribution in [0, 0.1) is 0 Å². The molecule has 0 spiro atoms. The molecule has 0 bridgehead atoms. The first kappa shape index (κ1) is 18.9. The molecule has 3 rings (SSSR count). The van der Waals surface area contributed by atoms with E-state index >= 15 is 0 Å². The molecular formula is C18H19BrN2O4S. The Hall–Kier alpha value is -1.90. The summed E-state index contributed by atoms with van der Waals surface area (Å²) >= 11 is 3.44. The van der Waals surface area contributed by atoms with Gasteiger partial charge in [0.2, 0.25) is 10.0 Å². The summed E-state index contributed by atoms with van der Waals surface area (Å²) in [5.41, 5.74) is 6.40. The molecule has 1 heterocycles. The Morgan fingerprint density at radius 1 is 1.15 bits per heavy atom. The molecule has 1 aliphatic heterocycles. The quantitative estimate of drug-likeness (QED) is 0.750. The standard InChI is InChI=1S/C18H19BrN2O4S/c19-16-6-2-1-5-13(16)12-25-17-8-7-14(11-15(17)18(20)22)26(23,24)21-9-3-4-10-21/h1-2,5-8,11H,3-4,9-10,12H2,(H2,20,22). The highest BCUT2D eigenvalue weighted by Gasteiger charge is 2.28. The van der Waals surface area contributed by atoms with Gasteiger partial charge in [-0.2, -0.15) is 4.31 Å². The summed E-state index contributed by atoms with van der Waals surface area (Å²) in [6, 6.07) is 11.8. The number of benzene rings is 2. The normalized spacial score (nSPS) is 15.1. The lowest BCUT2D eigenvalue weighted by Crippen LogP contribution is -2.28. The molecule has 0 saturated carbocycles. The molecule has 0 aromatic heterocycles. The van der Waals surface area contributed by atoms with E-state index in [1.54, 1.807) is 0 Å². The van der Waals surface area contributed by atoms with Crippen LogP contribution in [0.2, 0.25) is 0 Å². The Bertz CT molecular complexity index is 925. The average molecular weight is 439 g/mol. The van der Waals surface area contributed by atoms with E-state index in [1.165, 1.54) is 22.5 Å². The zero-order valence-electron chi connectivity index (χ0n) is 14.0. The third kappa shape index (κ3) is 3.92. The van der Waals surface area contributed by atoms with Crippen molar-refractivity contribution in [3.63, 3.8) is 0 Å². The van der Waals surface area contributed by atoms with E-state index in [-0.39, 0.29) is 22.8 Å². The Balaban J connectivity index is 1.88. The number of nitrogens with zero attached hydrogens (tertiary/aromatic N) is 1. The Morgan fingerprint density at radius 3 is 2.50 bits per heavy atom. The second-order valence-corrected chi connectivity index (χ2v) is 8.81. The predicted octanol–water partition coefficient (Wildman–Crippen LogP) is 2.91. The number of amides is 1.